The van der Waals surface area contributed by atoms with E-state index in [-0.39, 0.29) is 17.5 Å². The number of aryl methyl sites for hydroxylation is 1. The molecule has 2 N–H and O–H groups in total. The van der Waals surface area contributed by atoms with Gasteiger partial charge in [0.05, 0.1) is 11.5 Å². The zero-order chi connectivity index (χ0) is 15.3. The molecule has 0 spiro atoms. The first kappa shape index (κ1) is 17.6. The lowest BCUT2D eigenvalue weighted by molar-refractivity contribution is 0.188. The molecule has 5 nitrogen and oxygen atoms in total. The molecule has 0 saturated heterocycles. The van der Waals surface area contributed by atoms with Gasteiger partial charge in [0.1, 0.15) is 0 Å². The van der Waals surface area contributed by atoms with Crippen LogP contribution in [0, 0.1) is 6.92 Å². The summed E-state index contributed by atoms with van der Waals surface area (Å²) < 4.78 is 32.8. The van der Waals surface area contributed by atoms with Gasteiger partial charge >= 0.3 is 0 Å². The lowest BCUT2D eigenvalue weighted by Gasteiger charge is -2.16. The second kappa shape index (κ2) is 7.51. The van der Waals surface area contributed by atoms with Crippen LogP contribution < -0.4 is 4.72 Å². The second-order valence-electron chi connectivity index (χ2n) is 4.69. The molecule has 1 rings (SSSR count). The van der Waals surface area contributed by atoms with Crippen LogP contribution in [0.2, 0.25) is 0 Å². The van der Waals surface area contributed by atoms with Crippen molar-refractivity contribution in [1.29, 1.82) is 0 Å². The number of aliphatic hydroxyl groups excluding tert-OH is 1. The van der Waals surface area contributed by atoms with Crippen molar-refractivity contribution in [3.05, 3.63) is 27.7 Å². The smallest absolute Gasteiger partial charge is 0.241 e. The highest BCUT2D eigenvalue weighted by Gasteiger charge is 2.21. The van der Waals surface area contributed by atoms with Crippen LogP contribution >= 0.6 is 15.9 Å². The van der Waals surface area contributed by atoms with E-state index in [0.717, 1.165) is 5.56 Å². The Balaban J connectivity index is 3.06. The summed E-state index contributed by atoms with van der Waals surface area (Å²) >= 11 is 3.30. The van der Waals surface area contributed by atoms with Crippen LogP contribution in [0.1, 0.15) is 24.5 Å². The van der Waals surface area contributed by atoms with Crippen LogP contribution in [0.3, 0.4) is 0 Å². The Bertz CT molecular complexity index is 560. The zero-order valence-corrected chi connectivity index (χ0v) is 14.2. The van der Waals surface area contributed by atoms with Gasteiger partial charge in [-0.3, -0.25) is 0 Å². The average Bonchev–Trinajstić information content (AvgIpc) is 2.38. The van der Waals surface area contributed by atoms with Crippen molar-refractivity contribution in [2.45, 2.75) is 37.8 Å². The number of benzene rings is 1. The summed E-state index contributed by atoms with van der Waals surface area (Å²) in [6, 6.07) is 2.99. The summed E-state index contributed by atoms with van der Waals surface area (Å²) in [6.07, 6.45) is 0.589. The van der Waals surface area contributed by atoms with Crippen LogP contribution in [0.4, 0.5) is 0 Å². The van der Waals surface area contributed by atoms with Crippen LogP contribution in [0.5, 0.6) is 0 Å². The van der Waals surface area contributed by atoms with E-state index in [1.54, 1.807) is 27.0 Å². The summed E-state index contributed by atoms with van der Waals surface area (Å²) in [5.41, 5.74) is 1.33. The number of aliphatic hydroxyl groups is 1. The maximum absolute atomic E-state index is 12.4. The number of nitrogens with one attached hydrogen (secondary N) is 1. The molecule has 0 fully saturated rings. The topological polar surface area (TPSA) is 75.6 Å². The first-order chi connectivity index (χ1) is 9.31. The van der Waals surface area contributed by atoms with Gasteiger partial charge < -0.3 is 9.84 Å². The molecule has 0 aliphatic carbocycles. The highest BCUT2D eigenvalue weighted by atomic mass is 79.9. The molecule has 0 aliphatic heterocycles. The summed E-state index contributed by atoms with van der Waals surface area (Å²) in [4.78, 5) is 0.144. The average molecular weight is 366 g/mol. The van der Waals surface area contributed by atoms with E-state index < -0.39 is 10.0 Å². The van der Waals surface area contributed by atoms with Gasteiger partial charge in [-0.1, -0.05) is 6.07 Å². The fourth-order valence-corrected chi connectivity index (χ4v) is 4.12. The van der Waals surface area contributed by atoms with E-state index in [0.29, 0.717) is 23.1 Å². The monoisotopic (exact) mass is 365 g/mol. The lowest BCUT2D eigenvalue weighted by atomic mass is 10.1. The van der Waals surface area contributed by atoms with E-state index in [1.165, 1.54) is 6.07 Å². The standard InChI is InChI=1S/C13H20BrNO4S/c1-9-6-11(8-16)7-12(13(9)14)20(17,18)15-10(2)4-5-19-3/h6-7,10,15-16H,4-5,8H2,1-3H3. The third-order valence-electron chi connectivity index (χ3n) is 2.86. The Labute approximate surface area is 128 Å². The van der Waals surface area contributed by atoms with Crippen molar-refractivity contribution in [2.24, 2.45) is 0 Å². The van der Waals surface area contributed by atoms with Gasteiger partial charge in [-0.2, -0.15) is 0 Å². The summed E-state index contributed by atoms with van der Waals surface area (Å²) in [5, 5.41) is 9.19. The Morgan fingerprint density at radius 1 is 1.45 bits per heavy atom. The molecule has 0 aromatic heterocycles. The molecule has 1 aromatic carbocycles. The zero-order valence-electron chi connectivity index (χ0n) is 11.8. The summed E-state index contributed by atoms with van der Waals surface area (Å²) in [7, 11) is -2.06. The summed E-state index contributed by atoms with van der Waals surface area (Å²) in [5.74, 6) is 0. The Kier molecular flexibility index (Phi) is 6.60. The fraction of sp³-hybridized carbons (Fsp3) is 0.538. The Morgan fingerprint density at radius 2 is 2.10 bits per heavy atom. The molecule has 1 aromatic rings. The van der Waals surface area contributed by atoms with Gasteiger partial charge in [0.2, 0.25) is 10.0 Å². The Hall–Kier alpha value is -0.470. The third-order valence-corrected chi connectivity index (χ3v) is 5.79. The predicted molar refractivity (Wildman–Crippen MR) is 81.1 cm³/mol. The fourth-order valence-electron chi connectivity index (χ4n) is 1.78. The van der Waals surface area contributed by atoms with Gasteiger partial charge in [-0.15, -0.1) is 0 Å². The number of rotatable bonds is 7. The van der Waals surface area contributed by atoms with Gasteiger partial charge in [0.25, 0.3) is 0 Å². The molecule has 1 atom stereocenters. The first-order valence-corrected chi connectivity index (χ1v) is 8.50. The molecule has 1 unspecified atom stereocenters. The molecule has 7 heteroatoms. The van der Waals surface area contributed by atoms with E-state index in [4.69, 9.17) is 4.74 Å². The van der Waals surface area contributed by atoms with Crippen molar-refractivity contribution in [1.82, 2.24) is 4.72 Å². The summed E-state index contributed by atoms with van der Waals surface area (Å²) in [6.45, 7) is 3.86. The van der Waals surface area contributed by atoms with E-state index >= 15 is 0 Å². The van der Waals surface area contributed by atoms with Gasteiger partial charge in [0, 0.05) is 24.2 Å². The van der Waals surface area contributed by atoms with Gasteiger partial charge in [0.15, 0.2) is 0 Å². The highest BCUT2D eigenvalue weighted by molar-refractivity contribution is 9.10. The number of ether oxygens (including phenoxy) is 1. The van der Waals surface area contributed by atoms with Crippen molar-refractivity contribution in [2.75, 3.05) is 13.7 Å². The largest absolute Gasteiger partial charge is 0.392 e. The number of halogens is 1. The molecule has 0 bridgehead atoms. The minimum absolute atomic E-state index is 0.144. The van der Waals surface area contributed by atoms with E-state index in [2.05, 4.69) is 20.7 Å². The molecular weight excluding hydrogens is 346 g/mol. The van der Waals surface area contributed by atoms with E-state index in [9.17, 15) is 13.5 Å². The normalized spacial score (nSPS) is 13.4. The number of methoxy groups -OCH3 is 1. The number of hydrogen-bond donors (Lipinski definition) is 2. The molecule has 0 amide bonds. The molecule has 0 heterocycles. The molecule has 0 saturated carbocycles. The first-order valence-electron chi connectivity index (χ1n) is 6.23. The maximum atomic E-state index is 12.4. The van der Waals surface area contributed by atoms with Crippen LogP contribution in [0.15, 0.2) is 21.5 Å². The number of hydrogen-bond acceptors (Lipinski definition) is 4. The molecule has 114 valence electrons. The van der Waals surface area contributed by atoms with Crippen molar-refractivity contribution < 1.29 is 18.3 Å². The molecular formula is C13H20BrNO4S. The second-order valence-corrected chi connectivity index (χ2v) is 7.16. The third kappa shape index (κ3) is 4.53. The molecule has 0 aliphatic rings. The SMILES string of the molecule is COCCC(C)NS(=O)(=O)c1cc(CO)cc(C)c1Br. The Morgan fingerprint density at radius 3 is 2.65 bits per heavy atom. The maximum Gasteiger partial charge on any atom is 0.241 e. The minimum atomic E-state index is -3.64. The minimum Gasteiger partial charge on any atom is -0.392 e. The van der Waals surface area contributed by atoms with Gasteiger partial charge in [-0.25, -0.2) is 13.1 Å². The van der Waals surface area contributed by atoms with Crippen LogP contribution in [-0.2, 0) is 21.4 Å². The van der Waals surface area contributed by atoms with Crippen LogP contribution in [-0.4, -0.2) is 33.3 Å². The van der Waals surface area contributed by atoms with Crippen molar-refractivity contribution in [3.8, 4) is 0 Å². The van der Waals surface area contributed by atoms with Crippen molar-refractivity contribution >= 4 is 26.0 Å². The molecule has 0 radical (unpaired) electrons. The number of sulfonamides is 1. The van der Waals surface area contributed by atoms with Gasteiger partial charge in [-0.05, 0) is 53.4 Å². The quantitative estimate of drug-likeness (QED) is 0.774. The lowest BCUT2D eigenvalue weighted by Crippen LogP contribution is -2.33. The van der Waals surface area contributed by atoms with E-state index in [1.807, 2.05) is 0 Å². The predicted octanol–water partition coefficient (Wildman–Crippen LogP) is 1.95. The molecule has 20 heavy (non-hydrogen) atoms. The highest BCUT2D eigenvalue weighted by Crippen LogP contribution is 2.27. The van der Waals surface area contributed by atoms with Crippen LogP contribution in [0.25, 0.3) is 0 Å². The van der Waals surface area contributed by atoms with Crippen molar-refractivity contribution in [3.63, 3.8) is 0 Å².